The van der Waals surface area contributed by atoms with Crippen LogP contribution >= 0.6 is 0 Å². The molecule has 0 aromatic rings. The van der Waals surface area contributed by atoms with Gasteiger partial charge >= 0.3 is 0 Å². The van der Waals surface area contributed by atoms with Crippen LogP contribution in [0.4, 0.5) is 0 Å². The SMILES string of the molecule is COCC(N)C(CO)N1CC2CCC(C1)O2. The van der Waals surface area contributed by atoms with Gasteiger partial charge in [0.25, 0.3) is 0 Å². The Bertz CT molecular complexity index is 215. The molecule has 4 unspecified atom stereocenters. The first kappa shape index (κ1) is 12.3. The van der Waals surface area contributed by atoms with Crippen LogP contribution in [0, 0.1) is 0 Å². The summed E-state index contributed by atoms with van der Waals surface area (Å²) in [5, 5.41) is 9.45. The van der Waals surface area contributed by atoms with E-state index in [0.717, 1.165) is 25.9 Å². The Morgan fingerprint density at radius 2 is 2.06 bits per heavy atom. The molecule has 2 saturated heterocycles. The molecule has 0 saturated carbocycles. The van der Waals surface area contributed by atoms with Gasteiger partial charge in [-0.3, -0.25) is 4.90 Å². The van der Waals surface area contributed by atoms with Crippen molar-refractivity contribution in [2.75, 3.05) is 33.4 Å². The Hall–Kier alpha value is -0.200. The summed E-state index contributed by atoms with van der Waals surface area (Å²) in [7, 11) is 1.64. The molecule has 0 aromatic heterocycles. The lowest BCUT2D eigenvalue weighted by Gasteiger charge is -2.39. The monoisotopic (exact) mass is 230 g/mol. The molecule has 16 heavy (non-hydrogen) atoms. The highest BCUT2D eigenvalue weighted by Crippen LogP contribution is 2.27. The fourth-order valence-electron chi connectivity index (χ4n) is 2.74. The third-order valence-corrected chi connectivity index (χ3v) is 3.58. The van der Waals surface area contributed by atoms with E-state index < -0.39 is 0 Å². The molecule has 0 radical (unpaired) electrons. The van der Waals surface area contributed by atoms with Crippen molar-refractivity contribution in [3.8, 4) is 0 Å². The smallest absolute Gasteiger partial charge is 0.0707 e. The zero-order valence-electron chi connectivity index (χ0n) is 9.84. The highest BCUT2D eigenvalue weighted by atomic mass is 16.5. The van der Waals surface area contributed by atoms with Gasteiger partial charge in [0.1, 0.15) is 0 Å². The second-order valence-electron chi connectivity index (χ2n) is 4.78. The van der Waals surface area contributed by atoms with Crippen molar-refractivity contribution in [3.05, 3.63) is 0 Å². The average Bonchev–Trinajstić information content (AvgIpc) is 2.59. The van der Waals surface area contributed by atoms with Crippen LogP contribution in [0.25, 0.3) is 0 Å². The second-order valence-corrected chi connectivity index (χ2v) is 4.78. The van der Waals surface area contributed by atoms with Crippen molar-refractivity contribution in [2.45, 2.75) is 37.1 Å². The molecule has 0 aliphatic carbocycles. The normalized spacial score (nSPS) is 33.9. The highest BCUT2D eigenvalue weighted by Gasteiger charge is 2.37. The van der Waals surface area contributed by atoms with Crippen molar-refractivity contribution in [3.63, 3.8) is 0 Å². The van der Waals surface area contributed by atoms with Crippen LogP contribution in [0.2, 0.25) is 0 Å². The van der Waals surface area contributed by atoms with Crippen LogP contribution in [0.5, 0.6) is 0 Å². The summed E-state index contributed by atoms with van der Waals surface area (Å²) < 4.78 is 10.8. The molecule has 2 fully saturated rings. The number of hydrogen-bond acceptors (Lipinski definition) is 5. The van der Waals surface area contributed by atoms with E-state index in [1.54, 1.807) is 7.11 Å². The van der Waals surface area contributed by atoms with Crippen molar-refractivity contribution >= 4 is 0 Å². The molecule has 0 amide bonds. The number of morpholine rings is 1. The van der Waals surface area contributed by atoms with E-state index in [4.69, 9.17) is 15.2 Å². The van der Waals surface area contributed by atoms with Crippen molar-refractivity contribution in [1.82, 2.24) is 4.90 Å². The van der Waals surface area contributed by atoms with E-state index in [-0.39, 0.29) is 18.7 Å². The van der Waals surface area contributed by atoms with E-state index in [2.05, 4.69) is 4.90 Å². The predicted molar refractivity (Wildman–Crippen MR) is 60.2 cm³/mol. The summed E-state index contributed by atoms with van der Waals surface area (Å²) >= 11 is 0. The zero-order valence-corrected chi connectivity index (χ0v) is 9.84. The lowest BCUT2D eigenvalue weighted by molar-refractivity contribution is -0.0666. The fourth-order valence-corrected chi connectivity index (χ4v) is 2.74. The molecular formula is C11H22N2O3. The first-order chi connectivity index (χ1) is 7.74. The van der Waals surface area contributed by atoms with E-state index >= 15 is 0 Å². The minimum absolute atomic E-state index is 0.00745. The van der Waals surface area contributed by atoms with E-state index in [1.165, 1.54) is 0 Å². The number of nitrogens with two attached hydrogens (primary N) is 1. The lowest BCUT2D eigenvalue weighted by atomic mass is 10.1. The Labute approximate surface area is 96.5 Å². The van der Waals surface area contributed by atoms with Gasteiger partial charge < -0.3 is 20.3 Å². The predicted octanol–water partition coefficient (Wildman–Crippen LogP) is -0.816. The summed E-state index contributed by atoms with van der Waals surface area (Å²) in [5.74, 6) is 0. The topological polar surface area (TPSA) is 68.0 Å². The van der Waals surface area contributed by atoms with Crippen molar-refractivity contribution in [1.29, 1.82) is 0 Å². The van der Waals surface area contributed by atoms with Crippen LogP contribution in [0.1, 0.15) is 12.8 Å². The standard InChI is InChI=1S/C11H22N2O3/c1-15-7-10(12)11(6-14)13-4-8-2-3-9(5-13)16-8/h8-11,14H,2-7,12H2,1H3. The molecule has 94 valence electrons. The van der Waals surface area contributed by atoms with Gasteiger partial charge in [0, 0.05) is 26.2 Å². The molecule has 5 nitrogen and oxygen atoms in total. The maximum atomic E-state index is 9.45. The third kappa shape index (κ3) is 2.55. The maximum absolute atomic E-state index is 9.45. The largest absolute Gasteiger partial charge is 0.395 e. The van der Waals surface area contributed by atoms with Gasteiger partial charge in [0.2, 0.25) is 0 Å². The molecule has 2 bridgehead atoms. The Kier molecular flexibility index (Phi) is 4.16. The highest BCUT2D eigenvalue weighted by molar-refractivity contribution is 4.91. The molecule has 2 rings (SSSR count). The number of ether oxygens (including phenoxy) is 2. The number of aliphatic hydroxyl groups excluding tert-OH is 1. The Balaban J connectivity index is 1.93. The van der Waals surface area contributed by atoms with Crippen LogP contribution in [-0.4, -0.2) is 67.7 Å². The van der Waals surface area contributed by atoms with E-state index in [0.29, 0.717) is 18.8 Å². The number of methoxy groups -OCH3 is 1. The number of fused-ring (bicyclic) bond motifs is 2. The van der Waals surface area contributed by atoms with Gasteiger partial charge in [-0.25, -0.2) is 0 Å². The summed E-state index contributed by atoms with van der Waals surface area (Å²) in [4.78, 5) is 2.26. The maximum Gasteiger partial charge on any atom is 0.0707 e. The molecule has 4 atom stereocenters. The van der Waals surface area contributed by atoms with Gasteiger partial charge in [-0.2, -0.15) is 0 Å². The van der Waals surface area contributed by atoms with E-state index in [1.807, 2.05) is 0 Å². The second kappa shape index (κ2) is 5.42. The molecule has 2 aliphatic rings. The number of aliphatic hydroxyl groups is 1. The summed E-state index contributed by atoms with van der Waals surface area (Å²) in [6.07, 6.45) is 2.95. The Morgan fingerprint density at radius 3 is 2.56 bits per heavy atom. The number of rotatable bonds is 5. The molecular weight excluding hydrogens is 208 g/mol. The first-order valence-electron chi connectivity index (χ1n) is 5.99. The lowest BCUT2D eigenvalue weighted by Crippen LogP contribution is -2.57. The summed E-state index contributed by atoms with van der Waals surface area (Å²) in [5.41, 5.74) is 6.01. The zero-order chi connectivity index (χ0) is 11.5. The van der Waals surface area contributed by atoms with Gasteiger partial charge in [-0.05, 0) is 12.8 Å². The number of hydrogen-bond donors (Lipinski definition) is 2. The first-order valence-corrected chi connectivity index (χ1v) is 5.99. The minimum Gasteiger partial charge on any atom is -0.395 e. The van der Waals surface area contributed by atoms with Crippen molar-refractivity contribution < 1.29 is 14.6 Å². The van der Waals surface area contributed by atoms with Gasteiger partial charge in [-0.1, -0.05) is 0 Å². The van der Waals surface area contributed by atoms with E-state index in [9.17, 15) is 5.11 Å². The minimum atomic E-state index is -0.132. The summed E-state index contributed by atoms with van der Waals surface area (Å²) in [6.45, 7) is 2.35. The molecule has 0 aromatic carbocycles. The Morgan fingerprint density at radius 1 is 1.44 bits per heavy atom. The van der Waals surface area contributed by atoms with Crippen LogP contribution < -0.4 is 5.73 Å². The van der Waals surface area contributed by atoms with Crippen LogP contribution in [0.15, 0.2) is 0 Å². The quantitative estimate of drug-likeness (QED) is 0.646. The molecule has 2 aliphatic heterocycles. The molecule has 5 heteroatoms. The van der Waals surface area contributed by atoms with Gasteiger partial charge in [0.05, 0.1) is 31.5 Å². The van der Waals surface area contributed by atoms with Gasteiger partial charge in [-0.15, -0.1) is 0 Å². The molecule has 0 spiro atoms. The van der Waals surface area contributed by atoms with Crippen LogP contribution in [-0.2, 0) is 9.47 Å². The molecule has 3 N–H and O–H groups in total. The van der Waals surface area contributed by atoms with Gasteiger partial charge in [0.15, 0.2) is 0 Å². The molecule has 2 heterocycles. The van der Waals surface area contributed by atoms with Crippen molar-refractivity contribution in [2.24, 2.45) is 5.73 Å². The van der Waals surface area contributed by atoms with Crippen LogP contribution in [0.3, 0.4) is 0 Å². The fraction of sp³-hybridized carbons (Fsp3) is 1.00. The number of likely N-dealkylation sites (tertiary alicyclic amines) is 1. The summed E-state index contributed by atoms with van der Waals surface area (Å²) in [6, 6.07) is -0.139. The number of nitrogens with zero attached hydrogens (tertiary/aromatic N) is 1. The third-order valence-electron chi connectivity index (χ3n) is 3.58. The average molecular weight is 230 g/mol.